The fraction of sp³-hybridized carbons (Fsp3) is 0.647. The highest BCUT2D eigenvalue weighted by Gasteiger charge is 2.25. The van der Waals surface area contributed by atoms with E-state index >= 15 is 0 Å². The molecule has 1 saturated heterocycles. The molecule has 8 heteroatoms. The molecule has 2 fully saturated rings. The molecule has 0 spiro atoms. The van der Waals surface area contributed by atoms with Crippen molar-refractivity contribution in [3.05, 3.63) is 23.9 Å². The van der Waals surface area contributed by atoms with E-state index in [0.29, 0.717) is 18.9 Å². The minimum absolute atomic E-state index is 0. The Hall–Kier alpha value is -1.08. The first kappa shape index (κ1) is 22.0. The number of pyridine rings is 1. The molecule has 2 atom stereocenters. The molecule has 0 bridgehead atoms. The van der Waals surface area contributed by atoms with Crippen molar-refractivity contribution in [2.45, 2.75) is 38.3 Å². The molecular weight excluding hydrogens is 363 g/mol. The first-order valence-corrected chi connectivity index (χ1v) is 8.52. The molecule has 1 amide bonds. The predicted molar refractivity (Wildman–Crippen MR) is 104 cm³/mol. The van der Waals surface area contributed by atoms with E-state index < -0.39 is 0 Å². The van der Waals surface area contributed by atoms with Crippen LogP contribution in [0.3, 0.4) is 0 Å². The topological polar surface area (TPSA) is 80.5 Å². The average molecular weight is 391 g/mol. The number of carbonyl (C=O) groups is 1. The summed E-state index contributed by atoms with van der Waals surface area (Å²) in [5.74, 6) is 1.40. The van der Waals surface area contributed by atoms with Crippen LogP contribution in [0.4, 0.5) is 5.82 Å². The van der Waals surface area contributed by atoms with Crippen molar-refractivity contribution >= 4 is 36.5 Å². The number of carbonyl (C=O) groups excluding carboxylic acids is 1. The summed E-state index contributed by atoms with van der Waals surface area (Å²) in [5.41, 5.74) is 7.04. The van der Waals surface area contributed by atoms with Crippen molar-refractivity contribution in [3.63, 3.8) is 0 Å². The second-order valence-corrected chi connectivity index (χ2v) is 6.46. The summed E-state index contributed by atoms with van der Waals surface area (Å²) in [5, 5.41) is 2.98. The summed E-state index contributed by atoms with van der Waals surface area (Å²) in [6.07, 6.45) is 5.65. The van der Waals surface area contributed by atoms with Crippen LogP contribution < -0.4 is 16.0 Å². The van der Waals surface area contributed by atoms with Crippen LogP contribution in [-0.4, -0.2) is 43.2 Å². The minimum Gasteiger partial charge on any atom is -0.378 e. The fourth-order valence-electron chi connectivity index (χ4n) is 3.33. The standard InChI is InChI=1S/C17H26N4O2.2ClH/c18-15-3-1-2-14(15)10-17(22)20-12-13-4-5-16(19-11-13)21-6-8-23-9-7-21;;/h4-5,11,14-15H,1-3,6-10,12,18H2,(H,20,22);2*1H/t14-,15+;;/m0../s1. The van der Waals surface area contributed by atoms with Gasteiger partial charge < -0.3 is 20.7 Å². The van der Waals surface area contributed by atoms with Crippen molar-refractivity contribution in [2.24, 2.45) is 11.7 Å². The second-order valence-electron chi connectivity index (χ2n) is 6.46. The summed E-state index contributed by atoms with van der Waals surface area (Å²) < 4.78 is 5.35. The smallest absolute Gasteiger partial charge is 0.220 e. The van der Waals surface area contributed by atoms with Gasteiger partial charge >= 0.3 is 0 Å². The van der Waals surface area contributed by atoms with Crippen molar-refractivity contribution in [1.29, 1.82) is 0 Å². The molecule has 1 aliphatic heterocycles. The Morgan fingerprint density at radius 1 is 1.28 bits per heavy atom. The molecule has 142 valence electrons. The van der Waals surface area contributed by atoms with Crippen LogP contribution in [0, 0.1) is 5.92 Å². The fourth-order valence-corrected chi connectivity index (χ4v) is 3.33. The van der Waals surface area contributed by atoms with E-state index in [1.54, 1.807) is 0 Å². The van der Waals surface area contributed by atoms with E-state index in [1.165, 1.54) is 0 Å². The molecule has 25 heavy (non-hydrogen) atoms. The number of hydrogen-bond acceptors (Lipinski definition) is 5. The Kier molecular flexibility index (Phi) is 9.50. The molecule has 3 N–H and O–H groups in total. The third-order valence-electron chi connectivity index (χ3n) is 4.80. The van der Waals surface area contributed by atoms with Gasteiger partial charge in [-0.3, -0.25) is 4.79 Å². The summed E-state index contributed by atoms with van der Waals surface area (Å²) in [6, 6.07) is 4.23. The molecule has 0 radical (unpaired) electrons. The lowest BCUT2D eigenvalue weighted by Crippen LogP contribution is -2.36. The van der Waals surface area contributed by atoms with Gasteiger partial charge in [0.15, 0.2) is 0 Å². The second kappa shape index (κ2) is 10.8. The van der Waals surface area contributed by atoms with Gasteiger partial charge in [-0.05, 0) is 30.4 Å². The molecule has 3 rings (SSSR count). The lowest BCUT2D eigenvalue weighted by atomic mass is 10.00. The number of nitrogens with two attached hydrogens (primary N) is 1. The zero-order chi connectivity index (χ0) is 16.1. The first-order valence-electron chi connectivity index (χ1n) is 8.52. The van der Waals surface area contributed by atoms with Gasteiger partial charge in [0.25, 0.3) is 0 Å². The Morgan fingerprint density at radius 2 is 2.04 bits per heavy atom. The van der Waals surface area contributed by atoms with Gasteiger partial charge in [-0.1, -0.05) is 12.5 Å². The van der Waals surface area contributed by atoms with Gasteiger partial charge in [0.05, 0.1) is 13.2 Å². The van der Waals surface area contributed by atoms with E-state index in [1.807, 2.05) is 18.3 Å². The highest BCUT2D eigenvalue weighted by Crippen LogP contribution is 2.26. The maximum Gasteiger partial charge on any atom is 0.220 e. The van der Waals surface area contributed by atoms with Crippen LogP contribution in [0.2, 0.25) is 0 Å². The molecule has 0 aromatic carbocycles. The number of hydrogen-bond donors (Lipinski definition) is 2. The lowest BCUT2D eigenvalue weighted by Gasteiger charge is -2.27. The number of amides is 1. The lowest BCUT2D eigenvalue weighted by molar-refractivity contribution is -0.122. The average Bonchev–Trinajstić information content (AvgIpc) is 2.99. The highest BCUT2D eigenvalue weighted by atomic mass is 35.5. The molecule has 1 aromatic heterocycles. The highest BCUT2D eigenvalue weighted by molar-refractivity contribution is 5.85. The minimum atomic E-state index is 0. The summed E-state index contributed by atoms with van der Waals surface area (Å²) >= 11 is 0. The predicted octanol–water partition coefficient (Wildman–Crippen LogP) is 1.90. The molecule has 0 unspecified atom stereocenters. The normalized spacial score (nSPS) is 22.7. The number of halogens is 2. The number of rotatable bonds is 5. The van der Waals surface area contributed by atoms with Crippen LogP contribution in [0.5, 0.6) is 0 Å². The van der Waals surface area contributed by atoms with Crippen LogP contribution in [0.25, 0.3) is 0 Å². The number of morpholine rings is 1. The number of nitrogens with one attached hydrogen (secondary N) is 1. The van der Waals surface area contributed by atoms with Gasteiger partial charge in [-0.25, -0.2) is 4.98 Å². The molecule has 2 aliphatic rings. The van der Waals surface area contributed by atoms with Crippen molar-refractivity contribution in [2.75, 3.05) is 31.2 Å². The van der Waals surface area contributed by atoms with Gasteiger partial charge in [0.1, 0.15) is 5.82 Å². The van der Waals surface area contributed by atoms with Gasteiger partial charge in [0.2, 0.25) is 5.91 Å². The summed E-state index contributed by atoms with van der Waals surface area (Å²) in [6.45, 7) is 3.79. The molecular formula is C17H28Cl2N4O2. The number of nitrogens with zero attached hydrogens (tertiary/aromatic N) is 2. The zero-order valence-corrected chi connectivity index (χ0v) is 16.0. The third-order valence-corrected chi connectivity index (χ3v) is 4.80. The van der Waals surface area contributed by atoms with E-state index in [2.05, 4.69) is 15.2 Å². The van der Waals surface area contributed by atoms with Crippen LogP contribution >= 0.6 is 24.8 Å². The number of ether oxygens (including phenoxy) is 1. The first-order chi connectivity index (χ1) is 11.2. The van der Waals surface area contributed by atoms with Crippen LogP contribution in [-0.2, 0) is 16.1 Å². The molecule has 1 aliphatic carbocycles. The van der Waals surface area contributed by atoms with E-state index in [0.717, 1.165) is 56.9 Å². The van der Waals surface area contributed by atoms with Crippen LogP contribution in [0.15, 0.2) is 18.3 Å². The SMILES string of the molecule is Cl.Cl.N[C@@H]1CCC[C@H]1CC(=O)NCc1ccc(N2CCOCC2)nc1. The molecule has 2 heterocycles. The monoisotopic (exact) mass is 390 g/mol. The molecule has 1 saturated carbocycles. The zero-order valence-electron chi connectivity index (χ0n) is 14.4. The van der Waals surface area contributed by atoms with Gasteiger partial charge in [-0.2, -0.15) is 0 Å². The summed E-state index contributed by atoms with van der Waals surface area (Å²) in [7, 11) is 0. The Bertz CT molecular complexity index is 524. The number of anilines is 1. The van der Waals surface area contributed by atoms with E-state index in [-0.39, 0.29) is 36.8 Å². The Labute approximate surface area is 161 Å². The Morgan fingerprint density at radius 3 is 2.64 bits per heavy atom. The largest absolute Gasteiger partial charge is 0.378 e. The van der Waals surface area contributed by atoms with Gasteiger partial charge in [0, 0.05) is 38.3 Å². The van der Waals surface area contributed by atoms with Crippen LogP contribution in [0.1, 0.15) is 31.2 Å². The van der Waals surface area contributed by atoms with Crippen molar-refractivity contribution in [3.8, 4) is 0 Å². The maximum atomic E-state index is 12.0. The third kappa shape index (κ3) is 6.29. The quantitative estimate of drug-likeness (QED) is 0.802. The van der Waals surface area contributed by atoms with Gasteiger partial charge in [-0.15, -0.1) is 24.8 Å². The van der Waals surface area contributed by atoms with Crippen molar-refractivity contribution < 1.29 is 9.53 Å². The number of aromatic nitrogens is 1. The molecule has 6 nitrogen and oxygen atoms in total. The maximum absolute atomic E-state index is 12.0. The van der Waals surface area contributed by atoms with E-state index in [4.69, 9.17) is 10.5 Å². The summed E-state index contributed by atoms with van der Waals surface area (Å²) in [4.78, 5) is 18.7. The molecule has 1 aromatic rings. The van der Waals surface area contributed by atoms with E-state index in [9.17, 15) is 4.79 Å². The van der Waals surface area contributed by atoms with Crippen molar-refractivity contribution in [1.82, 2.24) is 10.3 Å². The Balaban J connectivity index is 0.00000156.